The van der Waals surface area contributed by atoms with Gasteiger partial charge in [-0.15, -0.1) is 0 Å². The van der Waals surface area contributed by atoms with Crippen molar-refractivity contribution >= 4 is 34.8 Å². The zero-order valence-corrected chi connectivity index (χ0v) is 14.1. The Hall–Kier alpha value is -1.59. The number of carbonyl (C=O) groups excluding carboxylic acids is 1. The minimum absolute atomic E-state index is 0.0353. The van der Waals surface area contributed by atoms with Gasteiger partial charge < -0.3 is 15.5 Å². The fourth-order valence-corrected chi connectivity index (χ4v) is 3.01. The van der Waals surface area contributed by atoms with E-state index in [-0.39, 0.29) is 11.9 Å². The van der Waals surface area contributed by atoms with Crippen LogP contribution in [0.4, 0.5) is 0 Å². The topological polar surface area (TPSA) is 44.4 Å². The van der Waals surface area contributed by atoms with Gasteiger partial charge in [0.25, 0.3) is 5.91 Å². The standard InChI is InChI=1S/C16H18ClN3OS/c1-9-13(15(21)18-12-6-7-12)14(19-16(22)20(9)2)10-4-3-5-11(17)8-10/h3-5,8,12,14H,6-7H2,1-2H3,(H,18,21)(H,19,22). The molecule has 1 fully saturated rings. The fraction of sp³-hybridized carbons (Fsp3) is 0.375. The molecule has 0 saturated heterocycles. The van der Waals surface area contributed by atoms with Crippen LogP contribution >= 0.6 is 23.8 Å². The average Bonchev–Trinajstić information content (AvgIpc) is 3.28. The van der Waals surface area contributed by atoms with Gasteiger partial charge in [-0.05, 0) is 49.7 Å². The Morgan fingerprint density at radius 2 is 2.18 bits per heavy atom. The van der Waals surface area contributed by atoms with Crippen LogP contribution in [0.3, 0.4) is 0 Å². The maximum atomic E-state index is 12.7. The first-order valence-electron chi connectivity index (χ1n) is 7.28. The maximum absolute atomic E-state index is 12.7. The quantitative estimate of drug-likeness (QED) is 0.834. The Labute approximate surface area is 140 Å². The van der Waals surface area contributed by atoms with Gasteiger partial charge in [0.2, 0.25) is 0 Å². The number of hydrogen-bond acceptors (Lipinski definition) is 2. The van der Waals surface area contributed by atoms with Crippen LogP contribution in [0.15, 0.2) is 35.5 Å². The molecular formula is C16H18ClN3OS. The summed E-state index contributed by atoms with van der Waals surface area (Å²) >= 11 is 11.5. The lowest BCUT2D eigenvalue weighted by Crippen LogP contribution is -2.47. The van der Waals surface area contributed by atoms with E-state index in [0.717, 1.165) is 24.1 Å². The first-order chi connectivity index (χ1) is 10.5. The molecule has 6 heteroatoms. The highest BCUT2D eigenvalue weighted by molar-refractivity contribution is 7.80. The highest BCUT2D eigenvalue weighted by Crippen LogP contribution is 2.32. The number of nitrogens with one attached hydrogen (secondary N) is 2. The van der Waals surface area contributed by atoms with E-state index >= 15 is 0 Å². The molecule has 1 heterocycles. The van der Waals surface area contributed by atoms with E-state index in [4.69, 9.17) is 23.8 Å². The van der Waals surface area contributed by atoms with Crippen LogP contribution < -0.4 is 10.6 Å². The number of halogens is 1. The molecule has 4 nitrogen and oxygen atoms in total. The Balaban J connectivity index is 2.01. The summed E-state index contributed by atoms with van der Waals surface area (Å²) in [5.41, 5.74) is 2.50. The van der Waals surface area contributed by atoms with Gasteiger partial charge in [0.1, 0.15) is 0 Å². The SMILES string of the molecule is CC1=C(C(=O)NC2CC2)C(c2cccc(Cl)c2)NC(=S)N1C. The van der Waals surface area contributed by atoms with Crippen molar-refractivity contribution in [2.45, 2.75) is 31.8 Å². The van der Waals surface area contributed by atoms with Crippen molar-refractivity contribution in [3.63, 3.8) is 0 Å². The lowest BCUT2D eigenvalue weighted by Gasteiger charge is -2.35. The van der Waals surface area contributed by atoms with Crippen molar-refractivity contribution in [2.75, 3.05) is 7.05 Å². The van der Waals surface area contributed by atoms with Crippen molar-refractivity contribution in [3.8, 4) is 0 Å². The number of allylic oxidation sites excluding steroid dienone is 1. The molecule has 0 radical (unpaired) electrons. The smallest absolute Gasteiger partial charge is 0.251 e. The molecule has 2 aliphatic rings. The van der Waals surface area contributed by atoms with Crippen LogP contribution in [0.5, 0.6) is 0 Å². The molecule has 2 N–H and O–H groups in total. The number of amides is 1. The second kappa shape index (κ2) is 5.89. The number of nitrogens with zero attached hydrogens (tertiary/aromatic N) is 1. The first kappa shape index (κ1) is 15.3. The fourth-order valence-electron chi connectivity index (χ4n) is 2.56. The largest absolute Gasteiger partial charge is 0.351 e. The summed E-state index contributed by atoms with van der Waals surface area (Å²) in [6.07, 6.45) is 2.11. The van der Waals surface area contributed by atoms with Crippen LogP contribution in [0.1, 0.15) is 31.4 Å². The molecule has 0 bridgehead atoms. The zero-order chi connectivity index (χ0) is 15.9. The lowest BCUT2D eigenvalue weighted by atomic mass is 9.94. The number of carbonyl (C=O) groups is 1. The van der Waals surface area contributed by atoms with E-state index in [1.807, 2.05) is 43.1 Å². The monoisotopic (exact) mass is 335 g/mol. The van der Waals surface area contributed by atoms with E-state index in [0.29, 0.717) is 21.8 Å². The predicted molar refractivity (Wildman–Crippen MR) is 91.6 cm³/mol. The minimum Gasteiger partial charge on any atom is -0.351 e. The third-order valence-corrected chi connectivity index (χ3v) is 4.72. The van der Waals surface area contributed by atoms with Gasteiger partial charge in [0, 0.05) is 23.8 Å². The molecule has 1 atom stereocenters. The van der Waals surface area contributed by atoms with Gasteiger partial charge in [0.15, 0.2) is 5.11 Å². The second-order valence-electron chi connectivity index (χ2n) is 5.74. The molecule has 1 unspecified atom stereocenters. The lowest BCUT2D eigenvalue weighted by molar-refractivity contribution is -0.118. The molecule has 116 valence electrons. The summed E-state index contributed by atoms with van der Waals surface area (Å²) < 4.78 is 0. The molecule has 1 saturated carbocycles. The molecule has 0 aromatic heterocycles. The van der Waals surface area contributed by atoms with Crippen molar-refractivity contribution < 1.29 is 4.79 Å². The summed E-state index contributed by atoms with van der Waals surface area (Å²) in [4.78, 5) is 14.5. The third kappa shape index (κ3) is 2.96. The maximum Gasteiger partial charge on any atom is 0.251 e. The summed E-state index contributed by atoms with van der Waals surface area (Å²) in [5, 5.41) is 7.55. The molecule has 1 aliphatic carbocycles. The number of hydrogen-bond donors (Lipinski definition) is 2. The molecular weight excluding hydrogens is 318 g/mol. The normalized spacial score (nSPS) is 21.7. The van der Waals surface area contributed by atoms with E-state index in [2.05, 4.69) is 10.6 Å². The van der Waals surface area contributed by atoms with Crippen molar-refractivity contribution in [1.82, 2.24) is 15.5 Å². The first-order valence-corrected chi connectivity index (χ1v) is 8.07. The number of benzene rings is 1. The van der Waals surface area contributed by atoms with E-state index in [9.17, 15) is 4.79 Å². The highest BCUT2D eigenvalue weighted by atomic mass is 35.5. The second-order valence-corrected chi connectivity index (χ2v) is 6.57. The summed E-state index contributed by atoms with van der Waals surface area (Å²) in [5.74, 6) is -0.0353. The van der Waals surface area contributed by atoms with Crippen molar-refractivity contribution in [3.05, 3.63) is 46.1 Å². The highest BCUT2D eigenvalue weighted by Gasteiger charge is 2.34. The predicted octanol–water partition coefficient (Wildman–Crippen LogP) is 2.75. The summed E-state index contributed by atoms with van der Waals surface area (Å²) in [6, 6.07) is 7.55. The average molecular weight is 336 g/mol. The Morgan fingerprint density at radius 1 is 1.45 bits per heavy atom. The Bertz CT molecular complexity index is 669. The minimum atomic E-state index is -0.277. The molecule has 1 amide bonds. The van der Waals surface area contributed by atoms with Gasteiger partial charge >= 0.3 is 0 Å². The van der Waals surface area contributed by atoms with E-state index in [1.54, 1.807) is 0 Å². The van der Waals surface area contributed by atoms with Crippen LogP contribution in [-0.2, 0) is 4.79 Å². The molecule has 1 aliphatic heterocycles. The molecule has 1 aromatic carbocycles. The van der Waals surface area contributed by atoms with Crippen LogP contribution in [-0.4, -0.2) is 29.0 Å². The third-order valence-electron chi connectivity index (χ3n) is 4.09. The summed E-state index contributed by atoms with van der Waals surface area (Å²) in [7, 11) is 1.86. The molecule has 0 spiro atoms. The zero-order valence-electron chi connectivity index (χ0n) is 12.5. The molecule has 1 aromatic rings. The van der Waals surface area contributed by atoms with Gasteiger partial charge in [-0.3, -0.25) is 4.79 Å². The van der Waals surface area contributed by atoms with E-state index in [1.165, 1.54) is 0 Å². The van der Waals surface area contributed by atoms with Gasteiger partial charge in [0.05, 0.1) is 11.6 Å². The van der Waals surface area contributed by atoms with Gasteiger partial charge in [-0.2, -0.15) is 0 Å². The Morgan fingerprint density at radius 3 is 2.82 bits per heavy atom. The van der Waals surface area contributed by atoms with Gasteiger partial charge in [-0.1, -0.05) is 23.7 Å². The van der Waals surface area contributed by atoms with Gasteiger partial charge in [-0.25, -0.2) is 0 Å². The number of thiocarbonyl (C=S) groups is 1. The number of rotatable bonds is 3. The molecule has 22 heavy (non-hydrogen) atoms. The van der Waals surface area contributed by atoms with Crippen LogP contribution in [0.2, 0.25) is 5.02 Å². The van der Waals surface area contributed by atoms with Crippen LogP contribution in [0, 0.1) is 0 Å². The van der Waals surface area contributed by atoms with Crippen LogP contribution in [0.25, 0.3) is 0 Å². The Kier molecular flexibility index (Phi) is 4.10. The molecule has 3 rings (SSSR count). The van der Waals surface area contributed by atoms with Crippen molar-refractivity contribution in [2.24, 2.45) is 0 Å². The van der Waals surface area contributed by atoms with Crippen molar-refractivity contribution in [1.29, 1.82) is 0 Å². The van der Waals surface area contributed by atoms with E-state index < -0.39 is 0 Å². The summed E-state index contributed by atoms with van der Waals surface area (Å²) in [6.45, 7) is 1.92.